The fraction of sp³-hybridized carbons (Fsp3) is 0.0833. The van der Waals surface area contributed by atoms with Gasteiger partial charge in [0.1, 0.15) is 5.82 Å². The number of rotatable bonds is 3. The van der Waals surface area contributed by atoms with Gasteiger partial charge < -0.3 is 0 Å². The lowest BCUT2D eigenvalue weighted by Crippen LogP contribution is -2.14. The molecular weight excluding hydrogens is 352 g/mol. The summed E-state index contributed by atoms with van der Waals surface area (Å²) in [5.41, 5.74) is 0.835. The van der Waals surface area contributed by atoms with E-state index in [9.17, 15) is 8.42 Å². The van der Waals surface area contributed by atoms with Gasteiger partial charge >= 0.3 is 0 Å². The van der Waals surface area contributed by atoms with Crippen LogP contribution in [0.15, 0.2) is 45.9 Å². The highest BCUT2D eigenvalue weighted by Crippen LogP contribution is 2.22. The van der Waals surface area contributed by atoms with Gasteiger partial charge in [0, 0.05) is 21.8 Å². The van der Waals surface area contributed by atoms with E-state index in [1.165, 1.54) is 18.3 Å². The third-order valence-electron chi connectivity index (χ3n) is 2.40. The lowest BCUT2D eigenvalue weighted by atomic mass is 10.2. The molecule has 0 saturated heterocycles. The molecule has 0 amide bonds. The Hall–Kier alpha value is -1.11. The van der Waals surface area contributed by atoms with Crippen LogP contribution in [-0.2, 0) is 10.0 Å². The Kier molecular flexibility index (Phi) is 4.13. The first-order chi connectivity index (χ1) is 8.88. The molecule has 1 N–H and O–H groups in total. The van der Waals surface area contributed by atoms with Gasteiger partial charge in [-0.1, -0.05) is 27.5 Å². The van der Waals surface area contributed by atoms with E-state index >= 15 is 0 Å². The Morgan fingerprint density at radius 3 is 2.63 bits per heavy atom. The molecule has 0 aliphatic carbocycles. The summed E-state index contributed by atoms with van der Waals surface area (Å²) in [4.78, 5) is 4.08. The van der Waals surface area contributed by atoms with E-state index in [0.29, 0.717) is 5.02 Å². The largest absolute Gasteiger partial charge is 0.263 e. The summed E-state index contributed by atoms with van der Waals surface area (Å²) in [5, 5.41) is 0.416. The molecule has 1 aromatic carbocycles. The lowest BCUT2D eigenvalue weighted by Gasteiger charge is -2.08. The molecule has 1 heterocycles. The summed E-state index contributed by atoms with van der Waals surface area (Å²) in [5.74, 6) is 0.188. The predicted octanol–water partition coefficient (Wildman–Crippen LogP) is 3.61. The van der Waals surface area contributed by atoms with Gasteiger partial charge in [-0.15, -0.1) is 0 Å². The normalized spacial score (nSPS) is 11.3. The SMILES string of the molecule is Cc1cc(S(=O)(=O)Nc2cc(Cl)ccn2)ccc1Br. The second-order valence-electron chi connectivity index (χ2n) is 3.88. The molecule has 0 spiro atoms. The quantitative estimate of drug-likeness (QED) is 0.908. The minimum Gasteiger partial charge on any atom is -0.263 e. The molecule has 19 heavy (non-hydrogen) atoms. The first-order valence-corrected chi connectivity index (χ1v) is 7.94. The minimum absolute atomic E-state index is 0.176. The molecule has 4 nitrogen and oxygen atoms in total. The molecule has 7 heteroatoms. The number of hydrogen-bond donors (Lipinski definition) is 1. The lowest BCUT2D eigenvalue weighted by molar-refractivity contribution is 0.601. The van der Waals surface area contributed by atoms with E-state index in [-0.39, 0.29) is 10.7 Å². The van der Waals surface area contributed by atoms with E-state index in [2.05, 4.69) is 25.6 Å². The number of halogens is 2. The fourth-order valence-corrected chi connectivity index (χ4v) is 2.93. The molecule has 0 radical (unpaired) electrons. The van der Waals surface area contributed by atoms with E-state index < -0.39 is 10.0 Å². The highest BCUT2D eigenvalue weighted by atomic mass is 79.9. The molecule has 0 bridgehead atoms. The van der Waals surface area contributed by atoms with Crippen molar-refractivity contribution in [1.82, 2.24) is 4.98 Å². The molecule has 0 saturated carbocycles. The maximum Gasteiger partial charge on any atom is 0.263 e. The maximum absolute atomic E-state index is 12.2. The van der Waals surface area contributed by atoms with Crippen molar-refractivity contribution in [2.75, 3.05) is 4.72 Å². The maximum atomic E-state index is 12.2. The van der Waals surface area contributed by atoms with Crippen LogP contribution in [0.25, 0.3) is 0 Å². The van der Waals surface area contributed by atoms with Crippen molar-refractivity contribution in [3.05, 3.63) is 51.6 Å². The molecule has 0 fully saturated rings. The minimum atomic E-state index is -3.66. The van der Waals surface area contributed by atoms with Crippen LogP contribution in [0.3, 0.4) is 0 Å². The zero-order valence-corrected chi connectivity index (χ0v) is 13.1. The molecule has 2 aromatic rings. The molecule has 0 atom stereocenters. The summed E-state index contributed by atoms with van der Waals surface area (Å²) in [6.07, 6.45) is 1.44. The summed E-state index contributed by atoms with van der Waals surface area (Å²) in [6.45, 7) is 1.82. The number of nitrogens with zero attached hydrogens (tertiary/aromatic N) is 1. The summed E-state index contributed by atoms with van der Waals surface area (Å²) < 4.78 is 27.6. The van der Waals surface area contributed by atoms with Crippen LogP contribution in [-0.4, -0.2) is 13.4 Å². The number of hydrogen-bond acceptors (Lipinski definition) is 3. The number of aryl methyl sites for hydroxylation is 1. The number of benzene rings is 1. The van der Waals surface area contributed by atoms with Crippen molar-refractivity contribution in [1.29, 1.82) is 0 Å². The van der Waals surface area contributed by atoms with Gasteiger partial charge in [-0.2, -0.15) is 0 Å². The highest BCUT2D eigenvalue weighted by molar-refractivity contribution is 9.10. The van der Waals surface area contributed by atoms with Crippen molar-refractivity contribution in [3.8, 4) is 0 Å². The van der Waals surface area contributed by atoms with Gasteiger partial charge in [-0.25, -0.2) is 13.4 Å². The van der Waals surface area contributed by atoms with Crippen molar-refractivity contribution in [2.45, 2.75) is 11.8 Å². The molecule has 2 rings (SSSR count). The Labute approximate surface area is 125 Å². The molecular formula is C12H10BrClN2O2S. The van der Waals surface area contributed by atoms with Crippen molar-refractivity contribution in [3.63, 3.8) is 0 Å². The first-order valence-electron chi connectivity index (χ1n) is 5.29. The smallest absolute Gasteiger partial charge is 0.263 e. The van der Waals surface area contributed by atoms with Crippen LogP contribution in [0, 0.1) is 6.92 Å². The van der Waals surface area contributed by atoms with Crippen molar-refractivity contribution < 1.29 is 8.42 Å². The average molecular weight is 362 g/mol. The number of anilines is 1. The van der Waals surface area contributed by atoms with Gasteiger partial charge in [0.05, 0.1) is 4.90 Å². The Morgan fingerprint density at radius 2 is 2.00 bits per heavy atom. The summed E-state index contributed by atoms with van der Waals surface area (Å²) in [7, 11) is -3.66. The van der Waals surface area contributed by atoms with Crippen LogP contribution in [0.1, 0.15) is 5.56 Å². The summed E-state index contributed by atoms with van der Waals surface area (Å²) >= 11 is 9.11. The zero-order chi connectivity index (χ0) is 14.0. The van der Waals surface area contributed by atoms with Gasteiger partial charge in [0.2, 0.25) is 0 Å². The third-order valence-corrected chi connectivity index (χ3v) is 4.88. The number of sulfonamides is 1. The Balaban J connectivity index is 2.35. The van der Waals surface area contributed by atoms with E-state index in [1.807, 2.05) is 6.92 Å². The standard InChI is InChI=1S/C12H10BrClN2O2S/c1-8-6-10(2-3-11(8)13)19(17,18)16-12-7-9(14)4-5-15-12/h2-7H,1H3,(H,15,16). The van der Waals surface area contributed by atoms with Crippen LogP contribution in [0.2, 0.25) is 5.02 Å². The second-order valence-corrected chi connectivity index (χ2v) is 6.85. The van der Waals surface area contributed by atoms with Crippen LogP contribution in [0.4, 0.5) is 5.82 Å². The fourth-order valence-electron chi connectivity index (χ4n) is 1.44. The van der Waals surface area contributed by atoms with E-state index in [4.69, 9.17) is 11.6 Å². The van der Waals surface area contributed by atoms with Crippen LogP contribution in [0.5, 0.6) is 0 Å². The number of pyridine rings is 1. The Morgan fingerprint density at radius 1 is 1.26 bits per heavy atom. The van der Waals surface area contributed by atoms with Gasteiger partial charge in [-0.3, -0.25) is 4.72 Å². The monoisotopic (exact) mass is 360 g/mol. The Bertz CT molecular complexity index is 719. The van der Waals surface area contributed by atoms with Gasteiger partial charge in [0.25, 0.3) is 10.0 Å². The van der Waals surface area contributed by atoms with Gasteiger partial charge in [-0.05, 0) is 36.8 Å². The molecule has 0 aliphatic rings. The molecule has 0 aliphatic heterocycles. The summed E-state index contributed by atoms with van der Waals surface area (Å²) in [6, 6.07) is 7.81. The first kappa shape index (κ1) is 14.3. The van der Waals surface area contributed by atoms with Crippen LogP contribution >= 0.6 is 27.5 Å². The van der Waals surface area contributed by atoms with E-state index in [1.54, 1.807) is 18.2 Å². The van der Waals surface area contributed by atoms with Gasteiger partial charge in [0.15, 0.2) is 0 Å². The number of nitrogens with one attached hydrogen (secondary N) is 1. The molecule has 0 unspecified atom stereocenters. The average Bonchev–Trinajstić information content (AvgIpc) is 2.32. The molecule has 1 aromatic heterocycles. The number of aromatic nitrogens is 1. The van der Waals surface area contributed by atoms with E-state index in [0.717, 1.165) is 10.0 Å². The van der Waals surface area contributed by atoms with Crippen molar-refractivity contribution >= 4 is 43.4 Å². The third kappa shape index (κ3) is 3.46. The molecule has 100 valence electrons. The predicted molar refractivity (Wildman–Crippen MR) is 78.9 cm³/mol. The van der Waals surface area contributed by atoms with Crippen molar-refractivity contribution in [2.24, 2.45) is 0 Å². The zero-order valence-electron chi connectivity index (χ0n) is 9.89. The second kappa shape index (κ2) is 5.48. The topological polar surface area (TPSA) is 59.1 Å². The highest BCUT2D eigenvalue weighted by Gasteiger charge is 2.15. The van der Waals surface area contributed by atoms with Crippen LogP contribution < -0.4 is 4.72 Å².